The first-order chi connectivity index (χ1) is 17.2. The summed E-state index contributed by atoms with van der Waals surface area (Å²) < 4.78 is 48.3. The summed E-state index contributed by atoms with van der Waals surface area (Å²) in [5.74, 6) is 0.992. The van der Waals surface area contributed by atoms with Crippen LogP contribution in [0.4, 0.5) is 18.9 Å². The van der Waals surface area contributed by atoms with Crippen LogP contribution in [0, 0.1) is 0 Å². The number of ether oxygens (including phenoxy) is 1. The Bertz CT molecular complexity index is 1330. The van der Waals surface area contributed by atoms with Crippen molar-refractivity contribution in [1.82, 2.24) is 25.1 Å². The Labute approximate surface area is 207 Å². The average molecular weight is 497 g/mol. The second-order valence-corrected chi connectivity index (χ2v) is 9.05. The molecule has 2 aliphatic rings. The lowest BCUT2D eigenvalue weighted by Gasteiger charge is -2.28. The van der Waals surface area contributed by atoms with Crippen LogP contribution in [0.3, 0.4) is 0 Å². The number of fused-ring (bicyclic) bond motifs is 1. The number of allylic oxidation sites excluding steroid dienone is 1. The molecule has 2 aromatic heterocycles. The van der Waals surface area contributed by atoms with Gasteiger partial charge < -0.3 is 15.0 Å². The molecule has 0 fully saturated rings. The van der Waals surface area contributed by atoms with E-state index in [1.807, 2.05) is 37.1 Å². The van der Waals surface area contributed by atoms with Crippen LogP contribution >= 0.6 is 0 Å². The third-order valence-corrected chi connectivity index (χ3v) is 6.56. The minimum atomic E-state index is -4.43. The minimum Gasteiger partial charge on any atom is -0.479 e. The Hall–Kier alpha value is -3.82. The maximum Gasteiger partial charge on any atom is 0.416 e. The summed E-state index contributed by atoms with van der Waals surface area (Å²) in [6.45, 7) is 4.63. The smallest absolute Gasteiger partial charge is 0.416 e. The Morgan fingerprint density at radius 3 is 2.61 bits per heavy atom. The number of pyridine rings is 1. The van der Waals surface area contributed by atoms with E-state index < -0.39 is 17.7 Å². The summed E-state index contributed by atoms with van der Waals surface area (Å²) in [4.78, 5) is 11.2. The van der Waals surface area contributed by atoms with Gasteiger partial charge in [0.05, 0.1) is 31.1 Å². The number of hydrogen-bond donors (Lipinski definition) is 1. The molecule has 0 saturated carbocycles. The maximum absolute atomic E-state index is 13.7. The minimum absolute atomic E-state index is 0.0482. The van der Waals surface area contributed by atoms with Gasteiger partial charge in [-0.2, -0.15) is 18.3 Å². The predicted molar refractivity (Wildman–Crippen MR) is 131 cm³/mol. The number of benzene rings is 1. The van der Waals surface area contributed by atoms with E-state index in [2.05, 4.69) is 20.4 Å². The molecule has 0 amide bonds. The van der Waals surface area contributed by atoms with Crippen LogP contribution < -0.4 is 15.0 Å². The number of nitrogens with one attached hydrogen (secondary N) is 1. The topological polar surface area (TPSA) is 68.1 Å². The van der Waals surface area contributed by atoms with Gasteiger partial charge >= 0.3 is 6.18 Å². The molecule has 7 nitrogen and oxygen atoms in total. The van der Waals surface area contributed by atoms with Crippen LogP contribution in [-0.2, 0) is 6.18 Å². The van der Waals surface area contributed by atoms with Crippen molar-refractivity contribution < 1.29 is 17.9 Å². The van der Waals surface area contributed by atoms with Gasteiger partial charge in [-0.05, 0) is 62.6 Å². The van der Waals surface area contributed by atoms with Gasteiger partial charge in [0.25, 0.3) is 0 Å². The molecule has 1 aromatic carbocycles. The van der Waals surface area contributed by atoms with Crippen LogP contribution in [0.1, 0.15) is 67.1 Å². The standard InChI is InChI=1S/C26H27F3N6O/c1-16-14-34(15-30-16)22-12-9-18(31-25(22)36-3)10-13-23-32-24-20(11-8-17(2)35(24)33-23)19-6-4-5-7-21(19)26(27,28)29/h4-7,9-10,12-14,17,20,30H,8,11,15H2,1-3H3/b13-10+/t17-,20+/m0/s1. The van der Waals surface area contributed by atoms with E-state index in [0.717, 1.165) is 23.9 Å². The summed E-state index contributed by atoms with van der Waals surface area (Å²) in [5.41, 5.74) is 2.17. The summed E-state index contributed by atoms with van der Waals surface area (Å²) in [7, 11) is 1.57. The number of rotatable bonds is 5. The molecule has 2 atom stereocenters. The van der Waals surface area contributed by atoms with Crippen molar-refractivity contribution in [2.24, 2.45) is 0 Å². The highest BCUT2D eigenvalue weighted by atomic mass is 19.4. The summed E-state index contributed by atoms with van der Waals surface area (Å²) in [5, 5.41) is 7.84. The van der Waals surface area contributed by atoms with E-state index in [-0.39, 0.29) is 11.6 Å². The molecule has 0 bridgehead atoms. The van der Waals surface area contributed by atoms with Crippen molar-refractivity contribution >= 4 is 17.8 Å². The van der Waals surface area contributed by atoms with Gasteiger partial charge in [0.2, 0.25) is 5.88 Å². The molecule has 188 valence electrons. The fourth-order valence-corrected chi connectivity index (χ4v) is 4.76. The van der Waals surface area contributed by atoms with Crippen LogP contribution in [0.2, 0.25) is 0 Å². The number of halogens is 3. The van der Waals surface area contributed by atoms with E-state index in [0.29, 0.717) is 36.3 Å². The second kappa shape index (κ2) is 9.33. The number of hydrogen-bond acceptors (Lipinski definition) is 6. The van der Waals surface area contributed by atoms with Crippen LogP contribution in [0.15, 0.2) is 48.3 Å². The van der Waals surface area contributed by atoms with Crippen molar-refractivity contribution in [1.29, 1.82) is 0 Å². The highest BCUT2D eigenvalue weighted by Crippen LogP contribution is 2.42. The van der Waals surface area contributed by atoms with Gasteiger partial charge in [-0.25, -0.2) is 14.6 Å². The quantitative estimate of drug-likeness (QED) is 0.497. The molecular weight excluding hydrogens is 469 g/mol. The van der Waals surface area contributed by atoms with Crippen LogP contribution in [0.5, 0.6) is 5.88 Å². The monoisotopic (exact) mass is 496 g/mol. The predicted octanol–water partition coefficient (Wildman–Crippen LogP) is 5.59. The molecular formula is C26H27F3N6O. The fourth-order valence-electron chi connectivity index (χ4n) is 4.76. The van der Waals surface area contributed by atoms with Crippen molar-refractivity contribution in [3.8, 4) is 5.88 Å². The molecule has 5 rings (SSSR count). The van der Waals surface area contributed by atoms with Crippen molar-refractivity contribution in [3.63, 3.8) is 0 Å². The van der Waals surface area contributed by atoms with Crippen molar-refractivity contribution in [3.05, 3.63) is 76.8 Å². The first kappa shape index (κ1) is 23.9. The highest BCUT2D eigenvalue weighted by molar-refractivity contribution is 5.68. The highest BCUT2D eigenvalue weighted by Gasteiger charge is 2.38. The zero-order chi connectivity index (χ0) is 25.4. The lowest BCUT2D eigenvalue weighted by Crippen LogP contribution is -2.23. The van der Waals surface area contributed by atoms with E-state index in [1.165, 1.54) is 6.07 Å². The van der Waals surface area contributed by atoms with Gasteiger partial charge in [-0.3, -0.25) is 0 Å². The van der Waals surface area contributed by atoms with Crippen molar-refractivity contribution in [2.75, 3.05) is 18.7 Å². The Kier molecular flexibility index (Phi) is 6.19. The van der Waals surface area contributed by atoms with Crippen LogP contribution in [-0.4, -0.2) is 33.5 Å². The number of nitrogens with zero attached hydrogens (tertiary/aromatic N) is 5. The maximum atomic E-state index is 13.7. The summed E-state index contributed by atoms with van der Waals surface area (Å²) in [6, 6.07) is 9.59. The SMILES string of the molecule is COc1nc(/C=C/c2nc3n(n2)[C@@H](C)CC[C@@H]3c2ccccc2C(F)(F)F)ccc1N1C=C(C)NC1. The zero-order valence-electron chi connectivity index (χ0n) is 20.3. The molecule has 0 spiro atoms. The third kappa shape index (κ3) is 4.55. The Balaban J connectivity index is 1.44. The van der Waals surface area contributed by atoms with Gasteiger partial charge in [0.1, 0.15) is 11.5 Å². The Morgan fingerprint density at radius 2 is 1.89 bits per heavy atom. The van der Waals surface area contributed by atoms with E-state index in [1.54, 1.807) is 36.1 Å². The molecule has 0 aliphatic carbocycles. The van der Waals surface area contributed by atoms with Gasteiger partial charge in [0, 0.05) is 17.8 Å². The lowest BCUT2D eigenvalue weighted by atomic mass is 9.86. The number of aromatic nitrogens is 4. The molecule has 3 aromatic rings. The molecule has 10 heteroatoms. The number of methoxy groups -OCH3 is 1. The average Bonchev–Trinajstić information content (AvgIpc) is 3.49. The molecule has 0 saturated heterocycles. The Morgan fingerprint density at radius 1 is 1.08 bits per heavy atom. The number of anilines is 1. The molecule has 0 unspecified atom stereocenters. The fraction of sp³-hybridized carbons (Fsp3) is 0.346. The first-order valence-corrected chi connectivity index (χ1v) is 11.8. The normalized spacial score (nSPS) is 19.8. The molecule has 36 heavy (non-hydrogen) atoms. The molecule has 4 heterocycles. The van der Waals surface area contributed by atoms with Gasteiger partial charge in [-0.1, -0.05) is 18.2 Å². The van der Waals surface area contributed by atoms with E-state index in [9.17, 15) is 13.2 Å². The number of alkyl halides is 3. The zero-order valence-corrected chi connectivity index (χ0v) is 20.3. The molecule has 1 N–H and O–H groups in total. The largest absolute Gasteiger partial charge is 0.479 e. The van der Waals surface area contributed by atoms with Crippen LogP contribution in [0.25, 0.3) is 12.2 Å². The summed E-state index contributed by atoms with van der Waals surface area (Å²) in [6.07, 6.45) is 2.37. The molecule has 2 aliphatic heterocycles. The molecule has 0 radical (unpaired) electrons. The van der Waals surface area contributed by atoms with E-state index in [4.69, 9.17) is 4.74 Å². The second-order valence-electron chi connectivity index (χ2n) is 9.05. The lowest BCUT2D eigenvalue weighted by molar-refractivity contribution is -0.138. The van der Waals surface area contributed by atoms with Crippen molar-refractivity contribution in [2.45, 2.75) is 44.8 Å². The van der Waals surface area contributed by atoms with E-state index >= 15 is 0 Å². The first-order valence-electron chi connectivity index (χ1n) is 11.8. The van der Waals surface area contributed by atoms with Gasteiger partial charge in [0.15, 0.2) is 5.82 Å². The summed E-state index contributed by atoms with van der Waals surface area (Å²) >= 11 is 0. The van der Waals surface area contributed by atoms with Gasteiger partial charge in [-0.15, -0.1) is 0 Å². The third-order valence-electron chi connectivity index (χ3n) is 6.56.